The highest BCUT2D eigenvalue weighted by Crippen LogP contribution is 2.39. The van der Waals surface area contributed by atoms with Crippen molar-refractivity contribution in [2.45, 2.75) is 13.5 Å². The van der Waals surface area contributed by atoms with Crippen LogP contribution < -0.4 is 5.73 Å². The summed E-state index contributed by atoms with van der Waals surface area (Å²) in [6.07, 6.45) is 0. The van der Waals surface area contributed by atoms with Crippen molar-refractivity contribution in [2.75, 3.05) is 0 Å². The summed E-state index contributed by atoms with van der Waals surface area (Å²) in [7, 11) is 0. The molecule has 1 heterocycles. The smallest absolute Gasteiger partial charge is 0.123 e. The van der Waals surface area contributed by atoms with Crippen LogP contribution in [0, 0.1) is 12.7 Å². The van der Waals surface area contributed by atoms with E-state index in [1.54, 1.807) is 23.5 Å². The van der Waals surface area contributed by atoms with Crippen molar-refractivity contribution < 1.29 is 4.39 Å². The zero-order chi connectivity index (χ0) is 11.7. The van der Waals surface area contributed by atoms with Crippen LogP contribution in [0.2, 0.25) is 0 Å². The minimum atomic E-state index is -0.212. The van der Waals surface area contributed by atoms with Gasteiger partial charge in [0.15, 0.2) is 0 Å². The van der Waals surface area contributed by atoms with Crippen LogP contribution in [0.1, 0.15) is 11.1 Å². The summed E-state index contributed by atoms with van der Waals surface area (Å²) in [5, 5.41) is 0. The number of thiophene rings is 1. The Labute approximate surface area is 106 Å². The Bertz CT molecular complexity index is 504. The van der Waals surface area contributed by atoms with Crippen LogP contribution in [0.3, 0.4) is 0 Å². The Morgan fingerprint density at radius 3 is 2.44 bits per heavy atom. The van der Waals surface area contributed by atoms with Crippen molar-refractivity contribution in [1.82, 2.24) is 0 Å². The highest BCUT2D eigenvalue weighted by molar-refractivity contribution is 9.11. The third kappa shape index (κ3) is 2.05. The van der Waals surface area contributed by atoms with Crippen molar-refractivity contribution in [3.8, 4) is 10.4 Å². The van der Waals surface area contributed by atoms with Crippen molar-refractivity contribution >= 4 is 27.3 Å². The molecule has 0 aliphatic heterocycles. The molecule has 2 aromatic rings. The molecule has 1 aromatic heterocycles. The van der Waals surface area contributed by atoms with Crippen LogP contribution in [0.4, 0.5) is 4.39 Å². The largest absolute Gasteiger partial charge is 0.326 e. The molecule has 0 spiro atoms. The lowest BCUT2D eigenvalue weighted by molar-refractivity contribution is 0.628. The zero-order valence-electron chi connectivity index (χ0n) is 8.76. The van der Waals surface area contributed by atoms with Gasteiger partial charge in [-0.3, -0.25) is 0 Å². The van der Waals surface area contributed by atoms with Crippen LogP contribution in [0.25, 0.3) is 10.4 Å². The van der Waals surface area contributed by atoms with Gasteiger partial charge in [0.05, 0.1) is 3.79 Å². The molecule has 0 saturated heterocycles. The summed E-state index contributed by atoms with van der Waals surface area (Å²) in [6, 6.07) is 6.54. The van der Waals surface area contributed by atoms with Gasteiger partial charge in [0.1, 0.15) is 5.82 Å². The van der Waals surface area contributed by atoms with Gasteiger partial charge in [0.2, 0.25) is 0 Å². The molecule has 0 fully saturated rings. The minimum absolute atomic E-state index is 0.212. The van der Waals surface area contributed by atoms with E-state index < -0.39 is 0 Å². The molecule has 1 aromatic carbocycles. The fraction of sp³-hybridized carbons (Fsp3) is 0.167. The maximum absolute atomic E-state index is 12.8. The number of hydrogen-bond donors (Lipinski definition) is 1. The molecule has 1 nitrogen and oxygen atoms in total. The Kier molecular flexibility index (Phi) is 3.42. The quantitative estimate of drug-likeness (QED) is 0.888. The normalized spacial score (nSPS) is 10.8. The summed E-state index contributed by atoms with van der Waals surface area (Å²) in [6.45, 7) is 2.56. The van der Waals surface area contributed by atoms with Gasteiger partial charge < -0.3 is 5.73 Å². The van der Waals surface area contributed by atoms with Gasteiger partial charge in [-0.2, -0.15) is 0 Å². The fourth-order valence-electron chi connectivity index (χ4n) is 1.62. The van der Waals surface area contributed by atoms with Gasteiger partial charge in [0, 0.05) is 11.4 Å². The van der Waals surface area contributed by atoms with E-state index in [0.717, 1.165) is 19.8 Å². The number of halogens is 2. The van der Waals surface area contributed by atoms with Crippen LogP contribution in [-0.4, -0.2) is 0 Å². The van der Waals surface area contributed by atoms with E-state index in [9.17, 15) is 4.39 Å². The molecule has 2 rings (SSSR count). The highest BCUT2D eigenvalue weighted by atomic mass is 79.9. The van der Waals surface area contributed by atoms with Crippen molar-refractivity contribution in [3.63, 3.8) is 0 Å². The molecule has 84 valence electrons. The Morgan fingerprint density at radius 2 is 1.94 bits per heavy atom. The molecule has 4 heteroatoms. The SMILES string of the molecule is Cc1c(-c2ccc(F)cc2)sc(Br)c1CN. The standard InChI is InChI=1S/C12H11BrFNS/c1-7-10(6-15)12(13)16-11(7)8-2-4-9(14)5-3-8/h2-5H,6,15H2,1H3. The van der Waals surface area contributed by atoms with E-state index in [2.05, 4.69) is 15.9 Å². The summed E-state index contributed by atoms with van der Waals surface area (Å²) >= 11 is 5.14. The summed E-state index contributed by atoms with van der Waals surface area (Å²) in [5.74, 6) is -0.212. The van der Waals surface area contributed by atoms with E-state index >= 15 is 0 Å². The van der Waals surface area contributed by atoms with Gasteiger partial charge in [-0.15, -0.1) is 11.3 Å². The first-order valence-corrected chi connectivity index (χ1v) is 6.48. The monoisotopic (exact) mass is 299 g/mol. The third-order valence-corrected chi connectivity index (χ3v) is 4.67. The van der Waals surface area contributed by atoms with E-state index in [1.807, 2.05) is 6.92 Å². The second-order valence-electron chi connectivity index (χ2n) is 3.52. The lowest BCUT2D eigenvalue weighted by Gasteiger charge is -2.00. The Hall–Kier alpha value is -0.710. The minimum Gasteiger partial charge on any atom is -0.326 e. The molecule has 0 aliphatic rings. The highest BCUT2D eigenvalue weighted by Gasteiger charge is 2.13. The van der Waals surface area contributed by atoms with Crippen molar-refractivity contribution in [2.24, 2.45) is 5.73 Å². The summed E-state index contributed by atoms with van der Waals surface area (Å²) < 4.78 is 13.9. The molecule has 0 amide bonds. The molecule has 16 heavy (non-hydrogen) atoms. The van der Waals surface area contributed by atoms with Crippen LogP contribution in [-0.2, 0) is 6.54 Å². The number of benzene rings is 1. The second-order valence-corrected chi connectivity index (χ2v) is 5.86. The van der Waals surface area contributed by atoms with E-state index in [4.69, 9.17) is 5.73 Å². The molecule has 0 atom stereocenters. The average molecular weight is 300 g/mol. The van der Waals surface area contributed by atoms with Crippen LogP contribution in [0.15, 0.2) is 28.1 Å². The van der Waals surface area contributed by atoms with E-state index in [0.29, 0.717) is 6.54 Å². The zero-order valence-corrected chi connectivity index (χ0v) is 11.2. The molecule has 0 bridgehead atoms. The third-order valence-electron chi connectivity index (χ3n) is 2.53. The molecular formula is C12H11BrFNS. The van der Waals surface area contributed by atoms with E-state index in [1.165, 1.54) is 17.7 Å². The molecular weight excluding hydrogens is 289 g/mol. The van der Waals surface area contributed by atoms with Crippen LogP contribution in [0.5, 0.6) is 0 Å². The Morgan fingerprint density at radius 1 is 1.31 bits per heavy atom. The van der Waals surface area contributed by atoms with Crippen molar-refractivity contribution in [3.05, 3.63) is 45.0 Å². The maximum atomic E-state index is 12.8. The first-order chi connectivity index (χ1) is 7.63. The average Bonchev–Trinajstić information content (AvgIpc) is 2.55. The number of hydrogen-bond acceptors (Lipinski definition) is 2. The van der Waals surface area contributed by atoms with Gasteiger partial charge in [-0.05, 0) is 51.7 Å². The van der Waals surface area contributed by atoms with Crippen LogP contribution >= 0.6 is 27.3 Å². The molecule has 0 radical (unpaired) electrons. The summed E-state index contributed by atoms with van der Waals surface area (Å²) in [4.78, 5) is 1.15. The maximum Gasteiger partial charge on any atom is 0.123 e. The van der Waals surface area contributed by atoms with Gasteiger partial charge in [-0.1, -0.05) is 12.1 Å². The molecule has 2 N–H and O–H groups in total. The van der Waals surface area contributed by atoms with Crippen molar-refractivity contribution in [1.29, 1.82) is 0 Å². The van der Waals surface area contributed by atoms with Gasteiger partial charge in [-0.25, -0.2) is 4.39 Å². The summed E-state index contributed by atoms with van der Waals surface area (Å²) in [5.41, 5.74) is 9.02. The predicted molar refractivity (Wildman–Crippen MR) is 70.0 cm³/mol. The topological polar surface area (TPSA) is 26.0 Å². The lowest BCUT2D eigenvalue weighted by Crippen LogP contribution is -1.97. The fourth-order valence-corrected chi connectivity index (χ4v) is 3.64. The molecule has 0 saturated carbocycles. The van der Waals surface area contributed by atoms with Gasteiger partial charge in [0.25, 0.3) is 0 Å². The number of nitrogens with two attached hydrogens (primary N) is 1. The molecule has 0 aliphatic carbocycles. The predicted octanol–water partition coefficient (Wildman–Crippen LogP) is 4.08. The van der Waals surface area contributed by atoms with Gasteiger partial charge >= 0.3 is 0 Å². The van der Waals surface area contributed by atoms with E-state index in [-0.39, 0.29) is 5.82 Å². The first-order valence-electron chi connectivity index (χ1n) is 4.87. The number of rotatable bonds is 2. The lowest BCUT2D eigenvalue weighted by atomic mass is 10.1. The molecule has 0 unspecified atom stereocenters. The Balaban J connectivity index is 2.52. The first kappa shape index (κ1) is 11.8. The second kappa shape index (κ2) is 4.65.